The fourth-order valence-corrected chi connectivity index (χ4v) is 1.31. The van der Waals surface area contributed by atoms with Crippen molar-refractivity contribution in [2.24, 2.45) is 0 Å². The SMILES string of the molecule is CCC(=O)c1ccc(C(F)(F)F)cc1OC(F)F. The highest BCUT2D eigenvalue weighted by molar-refractivity contribution is 5.98. The molecule has 1 aromatic carbocycles. The van der Waals surface area contributed by atoms with E-state index >= 15 is 0 Å². The third-order valence-corrected chi connectivity index (χ3v) is 2.15. The maximum atomic E-state index is 12.4. The molecule has 0 aromatic heterocycles. The molecule has 0 atom stereocenters. The Morgan fingerprint density at radius 3 is 2.39 bits per heavy atom. The van der Waals surface area contributed by atoms with Crippen LogP contribution in [0.15, 0.2) is 18.2 Å². The van der Waals surface area contributed by atoms with Crippen LogP contribution in [0.3, 0.4) is 0 Å². The maximum absolute atomic E-state index is 12.4. The van der Waals surface area contributed by atoms with Gasteiger partial charge in [0, 0.05) is 6.42 Å². The fraction of sp³-hybridized carbons (Fsp3) is 0.364. The molecule has 0 N–H and O–H groups in total. The average molecular weight is 268 g/mol. The second-order valence-corrected chi connectivity index (χ2v) is 3.36. The molecule has 0 aliphatic carbocycles. The summed E-state index contributed by atoms with van der Waals surface area (Å²) in [6.07, 6.45) is -4.71. The van der Waals surface area contributed by atoms with E-state index in [0.717, 1.165) is 6.07 Å². The highest BCUT2D eigenvalue weighted by Gasteiger charge is 2.32. The normalized spacial score (nSPS) is 11.7. The Labute approximate surface area is 99.4 Å². The molecule has 0 bridgehead atoms. The van der Waals surface area contributed by atoms with Gasteiger partial charge in [0.05, 0.1) is 11.1 Å². The van der Waals surface area contributed by atoms with E-state index in [9.17, 15) is 26.7 Å². The number of carbonyl (C=O) groups is 1. The number of hydrogen-bond acceptors (Lipinski definition) is 2. The van der Waals surface area contributed by atoms with Gasteiger partial charge in [-0.25, -0.2) is 0 Å². The number of rotatable bonds is 4. The van der Waals surface area contributed by atoms with Crippen molar-refractivity contribution >= 4 is 5.78 Å². The molecule has 0 aliphatic rings. The molecular formula is C11H9F5O2. The second-order valence-electron chi connectivity index (χ2n) is 3.36. The largest absolute Gasteiger partial charge is 0.434 e. The fourth-order valence-electron chi connectivity index (χ4n) is 1.31. The number of alkyl halides is 5. The molecule has 1 aromatic rings. The van der Waals surface area contributed by atoms with E-state index in [2.05, 4.69) is 4.74 Å². The molecule has 0 amide bonds. The van der Waals surface area contributed by atoms with Gasteiger partial charge in [-0.15, -0.1) is 0 Å². The van der Waals surface area contributed by atoms with Crippen molar-refractivity contribution in [2.45, 2.75) is 26.1 Å². The van der Waals surface area contributed by atoms with Crippen LogP contribution in [0.1, 0.15) is 29.3 Å². The summed E-state index contributed by atoms with van der Waals surface area (Å²) in [4.78, 5) is 11.4. The monoisotopic (exact) mass is 268 g/mol. The van der Waals surface area contributed by atoms with E-state index in [1.54, 1.807) is 0 Å². The van der Waals surface area contributed by atoms with E-state index in [1.807, 2.05) is 0 Å². The zero-order chi connectivity index (χ0) is 13.9. The van der Waals surface area contributed by atoms with Crippen LogP contribution >= 0.6 is 0 Å². The van der Waals surface area contributed by atoms with Gasteiger partial charge in [-0.05, 0) is 18.2 Å². The lowest BCUT2D eigenvalue weighted by Gasteiger charge is -2.13. The second kappa shape index (κ2) is 5.32. The Bertz CT molecular complexity index is 440. The predicted molar refractivity (Wildman–Crippen MR) is 52.7 cm³/mol. The van der Waals surface area contributed by atoms with Gasteiger partial charge in [-0.2, -0.15) is 22.0 Å². The standard InChI is InChI=1S/C11H9F5O2/c1-2-8(17)7-4-3-6(11(14,15)16)5-9(7)18-10(12)13/h3-5,10H,2H2,1H3. The van der Waals surface area contributed by atoms with Gasteiger partial charge >= 0.3 is 12.8 Å². The smallest absolute Gasteiger partial charge is 0.416 e. The first-order valence-corrected chi connectivity index (χ1v) is 4.95. The molecule has 100 valence electrons. The van der Waals surface area contributed by atoms with Crippen LogP contribution in [0.25, 0.3) is 0 Å². The third-order valence-electron chi connectivity index (χ3n) is 2.15. The van der Waals surface area contributed by atoms with Crippen LogP contribution in [0.2, 0.25) is 0 Å². The molecule has 0 aliphatic heterocycles. The summed E-state index contributed by atoms with van der Waals surface area (Å²) in [5.41, 5.74) is -1.43. The van der Waals surface area contributed by atoms with Crippen LogP contribution in [0.4, 0.5) is 22.0 Å². The molecule has 0 saturated heterocycles. The van der Waals surface area contributed by atoms with Crippen molar-refractivity contribution in [1.29, 1.82) is 0 Å². The number of ether oxygens (including phenoxy) is 1. The number of carbonyl (C=O) groups excluding carboxylic acids is 1. The van der Waals surface area contributed by atoms with Crippen LogP contribution < -0.4 is 4.74 Å². The molecule has 1 rings (SSSR count). The summed E-state index contributed by atoms with van der Waals surface area (Å²) in [6.45, 7) is -1.83. The first-order chi connectivity index (χ1) is 8.25. The minimum absolute atomic E-state index is 0.0229. The lowest BCUT2D eigenvalue weighted by molar-refractivity contribution is -0.138. The molecule has 0 saturated carbocycles. The zero-order valence-corrected chi connectivity index (χ0v) is 9.22. The molecule has 18 heavy (non-hydrogen) atoms. The van der Waals surface area contributed by atoms with Crippen molar-refractivity contribution in [1.82, 2.24) is 0 Å². The summed E-state index contributed by atoms with van der Waals surface area (Å²) in [5.74, 6) is -1.33. The highest BCUT2D eigenvalue weighted by atomic mass is 19.4. The number of ketones is 1. The molecule has 0 fully saturated rings. The van der Waals surface area contributed by atoms with Crippen molar-refractivity contribution < 1.29 is 31.5 Å². The topological polar surface area (TPSA) is 26.3 Å². The Morgan fingerprint density at radius 1 is 1.33 bits per heavy atom. The minimum Gasteiger partial charge on any atom is -0.434 e. The first-order valence-electron chi connectivity index (χ1n) is 4.95. The number of hydrogen-bond donors (Lipinski definition) is 0. The van der Waals surface area contributed by atoms with E-state index in [4.69, 9.17) is 0 Å². The van der Waals surface area contributed by atoms with Gasteiger partial charge < -0.3 is 4.74 Å². The number of Topliss-reactive ketones (excluding diaryl/α,β-unsaturated/α-hetero) is 1. The lowest BCUT2D eigenvalue weighted by Crippen LogP contribution is -2.11. The molecule has 0 spiro atoms. The summed E-state index contributed by atoms with van der Waals surface area (Å²) >= 11 is 0. The lowest BCUT2D eigenvalue weighted by atomic mass is 10.0. The Balaban J connectivity index is 3.24. The van der Waals surface area contributed by atoms with Gasteiger partial charge in [0.2, 0.25) is 0 Å². The van der Waals surface area contributed by atoms with Gasteiger partial charge in [-0.1, -0.05) is 6.92 Å². The summed E-state index contributed by atoms with van der Waals surface area (Å²) in [7, 11) is 0. The Kier molecular flexibility index (Phi) is 4.26. The van der Waals surface area contributed by atoms with Crippen LogP contribution in [-0.2, 0) is 6.18 Å². The van der Waals surface area contributed by atoms with Crippen LogP contribution in [0.5, 0.6) is 5.75 Å². The zero-order valence-electron chi connectivity index (χ0n) is 9.22. The highest BCUT2D eigenvalue weighted by Crippen LogP contribution is 2.34. The van der Waals surface area contributed by atoms with Crippen LogP contribution in [0, 0.1) is 0 Å². The van der Waals surface area contributed by atoms with E-state index in [0.29, 0.717) is 12.1 Å². The van der Waals surface area contributed by atoms with Crippen molar-refractivity contribution in [3.63, 3.8) is 0 Å². The minimum atomic E-state index is -4.69. The maximum Gasteiger partial charge on any atom is 0.416 e. The third kappa shape index (κ3) is 3.41. The van der Waals surface area contributed by atoms with Crippen molar-refractivity contribution in [2.75, 3.05) is 0 Å². The van der Waals surface area contributed by atoms with E-state index in [-0.39, 0.29) is 12.0 Å². The summed E-state index contributed by atoms with van der Waals surface area (Å²) < 4.78 is 65.3. The van der Waals surface area contributed by atoms with E-state index < -0.39 is 29.9 Å². The quantitative estimate of drug-likeness (QED) is 0.611. The molecule has 7 heteroatoms. The Hall–Kier alpha value is -1.66. The summed E-state index contributed by atoms with van der Waals surface area (Å²) in [6, 6.07) is 1.89. The molecule has 0 unspecified atom stereocenters. The molecular weight excluding hydrogens is 259 g/mol. The average Bonchev–Trinajstić information content (AvgIpc) is 2.26. The number of benzene rings is 1. The van der Waals surface area contributed by atoms with Crippen molar-refractivity contribution in [3.05, 3.63) is 29.3 Å². The molecule has 2 nitrogen and oxygen atoms in total. The van der Waals surface area contributed by atoms with Gasteiger partial charge in [0.25, 0.3) is 0 Å². The predicted octanol–water partition coefficient (Wildman–Crippen LogP) is 3.90. The molecule has 0 radical (unpaired) electrons. The van der Waals surface area contributed by atoms with Gasteiger partial charge in [0.1, 0.15) is 5.75 Å². The van der Waals surface area contributed by atoms with Crippen LogP contribution in [-0.4, -0.2) is 12.4 Å². The Morgan fingerprint density at radius 2 is 1.94 bits per heavy atom. The first kappa shape index (κ1) is 14.4. The van der Waals surface area contributed by atoms with E-state index in [1.165, 1.54) is 6.92 Å². The number of halogens is 5. The van der Waals surface area contributed by atoms with Crippen molar-refractivity contribution in [3.8, 4) is 5.75 Å². The van der Waals surface area contributed by atoms with Gasteiger partial charge in [0.15, 0.2) is 5.78 Å². The van der Waals surface area contributed by atoms with Gasteiger partial charge in [-0.3, -0.25) is 4.79 Å². The molecule has 0 heterocycles. The summed E-state index contributed by atoms with van der Waals surface area (Å²) in [5, 5.41) is 0.